The molecule has 0 amide bonds. The third-order valence-electron chi connectivity index (χ3n) is 3.40. The lowest BCUT2D eigenvalue weighted by Gasteiger charge is -2.06. The van der Waals surface area contributed by atoms with Crippen molar-refractivity contribution in [2.45, 2.75) is 13.5 Å². The molecule has 3 aromatic rings. The lowest BCUT2D eigenvalue weighted by molar-refractivity contribution is 0.260. The Labute approximate surface area is 146 Å². The molecular weight excluding hydrogens is 320 g/mol. The van der Waals surface area contributed by atoms with E-state index in [1.54, 1.807) is 0 Å². The summed E-state index contributed by atoms with van der Waals surface area (Å²) < 4.78 is 11.3. The van der Waals surface area contributed by atoms with Gasteiger partial charge < -0.3 is 14.5 Å². The van der Waals surface area contributed by atoms with Crippen molar-refractivity contribution < 1.29 is 9.15 Å². The van der Waals surface area contributed by atoms with Gasteiger partial charge in [-0.25, -0.2) is 4.98 Å². The third-order valence-corrected chi connectivity index (χ3v) is 3.74. The van der Waals surface area contributed by atoms with Crippen molar-refractivity contribution in [2.24, 2.45) is 0 Å². The van der Waals surface area contributed by atoms with Crippen LogP contribution in [0.4, 0.5) is 0 Å². The van der Waals surface area contributed by atoms with E-state index in [1.165, 1.54) is 0 Å². The van der Waals surface area contributed by atoms with Gasteiger partial charge in [-0.1, -0.05) is 60.7 Å². The largest absolute Gasteiger partial charge is 0.464 e. The van der Waals surface area contributed by atoms with E-state index in [-0.39, 0.29) is 0 Å². The van der Waals surface area contributed by atoms with Gasteiger partial charge >= 0.3 is 5.95 Å². The van der Waals surface area contributed by atoms with Gasteiger partial charge in [-0.2, -0.15) is 0 Å². The Morgan fingerprint density at radius 1 is 1.08 bits per heavy atom. The van der Waals surface area contributed by atoms with Crippen LogP contribution in [0.5, 0.6) is 5.95 Å². The van der Waals surface area contributed by atoms with Gasteiger partial charge in [-0.05, 0) is 24.6 Å². The van der Waals surface area contributed by atoms with E-state index in [9.17, 15) is 0 Å². The van der Waals surface area contributed by atoms with Crippen LogP contribution in [0, 0.1) is 0 Å². The molecule has 0 atom stereocenters. The van der Waals surface area contributed by atoms with Crippen molar-refractivity contribution >= 4 is 17.2 Å². The highest BCUT2D eigenvalue weighted by Crippen LogP contribution is 2.27. The fourth-order valence-corrected chi connectivity index (χ4v) is 2.45. The van der Waals surface area contributed by atoms with Crippen molar-refractivity contribution in [2.75, 3.05) is 6.61 Å². The molecule has 1 N–H and O–H groups in total. The number of nitrogens with zero attached hydrogens (tertiary/aromatic N) is 1. The number of thiocarbonyl (C=S) groups is 1. The average Bonchev–Trinajstić information content (AvgIpc) is 3.06. The maximum atomic E-state index is 5.75. The summed E-state index contributed by atoms with van der Waals surface area (Å²) in [5.41, 5.74) is 2.56. The molecule has 1 heterocycles. The van der Waals surface area contributed by atoms with Crippen LogP contribution in [0.3, 0.4) is 0 Å². The summed E-state index contributed by atoms with van der Waals surface area (Å²) in [7, 11) is 0. The first-order chi connectivity index (χ1) is 11.8. The Balaban J connectivity index is 1.80. The third kappa shape index (κ3) is 3.81. The van der Waals surface area contributed by atoms with Crippen LogP contribution in [0.25, 0.3) is 11.5 Å². The number of ether oxygens (including phenoxy) is 1. The maximum absolute atomic E-state index is 5.75. The van der Waals surface area contributed by atoms with Crippen molar-refractivity contribution in [3.8, 4) is 17.4 Å². The molecule has 0 saturated heterocycles. The first kappa shape index (κ1) is 16.2. The highest BCUT2D eigenvalue weighted by atomic mass is 32.1. The highest BCUT2D eigenvalue weighted by Gasteiger charge is 2.19. The molecule has 0 saturated carbocycles. The van der Waals surface area contributed by atoms with E-state index in [1.807, 2.05) is 67.6 Å². The summed E-state index contributed by atoms with van der Waals surface area (Å²) in [5.74, 6) is 0.847. The normalized spacial score (nSPS) is 10.4. The van der Waals surface area contributed by atoms with Crippen LogP contribution in [0.2, 0.25) is 0 Å². The minimum atomic E-state index is 0.349. The number of benzene rings is 2. The van der Waals surface area contributed by atoms with Crippen LogP contribution in [-0.4, -0.2) is 16.6 Å². The van der Waals surface area contributed by atoms with Gasteiger partial charge in [0.1, 0.15) is 4.99 Å². The zero-order valence-corrected chi connectivity index (χ0v) is 14.2. The van der Waals surface area contributed by atoms with Crippen molar-refractivity contribution in [1.29, 1.82) is 0 Å². The number of rotatable bonds is 6. The van der Waals surface area contributed by atoms with Gasteiger partial charge in [-0.3, -0.25) is 0 Å². The minimum absolute atomic E-state index is 0.349. The molecule has 5 heteroatoms. The molecule has 0 aliphatic rings. The first-order valence-electron chi connectivity index (χ1n) is 7.79. The fourth-order valence-electron chi connectivity index (χ4n) is 2.24. The van der Waals surface area contributed by atoms with E-state index in [0.717, 1.165) is 11.1 Å². The monoisotopic (exact) mass is 338 g/mol. The Morgan fingerprint density at radius 2 is 1.75 bits per heavy atom. The van der Waals surface area contributed by atoms with E-state index in [2.05, 4.69) is 10.3 Å². The van der Waals surface area contributed by atoms with Gasteiger partial charge in [0.25, 0.3) is 0 Å². The Morgan fingerprint density at radius 3 is 2.42 bits per heavy atom. The number of oxazole rings is 1. The topological polar surface area (TPSA) is 47.3 Å². The Kier molecular flexibility index (Phi) is 5.23. The van der Waals surface area contributed by atoms with Crippen LogP contribution in [0.15, 0.2) is 65.1 Å². The van der Waals surface area contributed by atoms with Gasteiger partial charge in [0.15, 0.2) is 5.69 Å². The number of aromatic nitrogens is 1. The molecule has 2 aromatic carbocycles. The number of nitrogens with one attached hydrogen (secondary N) is 1. The fraction of sp³-hybridized carbons (Fsp3) is 0.158. The Bertz CT molecular complexity index is 801. The van der Waals surface area contributed by atoms with E-state index >= 15 is 0 Å². The molecule has 0 unspecified atom stereocenters. The van der Waals surface area contributed by atoms with Gasteiger partial charge in [0, 0.05) is 12.1 Å². The predicted octanol–water partition coefficient (Wildman–Crippen LogP) is 4.21. The van der Waals surface area contributed by atoms with Crippen LogP contribution in [0.1, 0.15) is 18.2 Å². The maximum Gasteiger partial charge on any atom is 0.316 e. The SMILES string of the molecule is CCOc1oc(-c2ccccc2)nc1C(=S)NCc1ccccc1. The van der Waals surface area contributed by atoms with Gasteiger partial charge in [0.2, 0.25) is 5.89 Å². The first-order valence-corrected chi connectivity index (χ1v) is 8.20. The summed E-state index contributed by atoms with van der Waals surface area (Å²) in [4.78, 5) is 5.02. The molecule has 122 valence electrons. The lowest BCUT2D eigenvalue weighted by atomic mass is 10.2. The second kappa shape index (κ2) is 7.75. The molecule has 0 spiro atoms. The standard InChI is InChI=1S/C19H18N2O2S/c1-2-22-19-16(18(24)20-13-14-9-5-3-6-10-14)21-17(23-19)15-11-7-4-8-12-15/h3-12H,2,13H2,1H3,(H,20,24). The summed E-state index contributed by atoms with van der Waals surface area (Å²) in [6.45, 7) is 3.01. The summed E-state index contributed by atoms with van der Waals surface area (Å²) in [6.07, 6.45) is 0. The molecule has 0 bridgehead atoms. The second-order valence-electron chi connectivity index (χ2n) is 5.12. The van der Waals surface area contributed by atoms with E-state index in [4.69, 9.17) is 21.4 Å². The summed E-state index contributed by atoms with van der Waals surface area (Å²) >= 11 is 5.47. The molecule has 0 aliphatic carbocycles. The van der Waals surface area contributed by atoms with Crippen LogP contribution < -0.4 is 10.1 Å². The van der Waals surface area contributed by atoms with Crippen LogP contribution >= 0.6 is 12.2 Å². The van der Waals surface area contributed by atoms with Gasteiger partial charge in [0.05, 0.1) is 6.61 Å². The molecular formula is C19H18N2O2S. The molecule has 24 heavy (non-hydrogen) atoms. The molecule has 0 radical (unpaired) electrons. The summed E-state index contributed by atoms with van der Waals surface area (Å²) in [5, 5.41) is 3.21. The molecule has 4 nitrogen and oxygen atoms in total. The minimum Gasteiger partial charge on any atom is -0.464 e. The lowest BCUT2D eigenvalue weighted by Crippen LogP contribution is -2.22. The average molecular weight is 338 g/mol. The van der Waals surface area contributed by atoms with Crippen molar-refractivity contribution in [3.05, 3.63) is 71.9 Å². The molecule has 3 rings (SSSR count). The predicted molar refractivity (Wildman–Crippen MR) is 98.1 cm³/mol. The Hall–Kier alpha value is -2.66. The highest BCUT2D eigenvalue weighted by molar-refractivity contribution is 7.80. The summed E-state index contributed by atoms with van der Waals surface area (Å²) in [6, 6.07) is 19.7. The zero-order chi connectivity index (χ0) is 16.8. The smallest absolute Gasteiger partial charge is 0.316 e. The van der Waals surface area contributed by atoms with E-state index < -0.39 is 0 Å². The van der Waals surface area contributed by atoms with Crippen LogP contribution in [-0.2, 0) is 6.54 Å². The zero-order valence-electron chi connectivity index (χ0n) is 13.4. The molecule has 0 fully saturated rings. The number of hydrogen-bond donors (Lipinski definition) is 1. The van der Waals surface area contributed by atoms with Crippen molar-refractivity contribution in [3.63, 3.8) is 0 Å². The van der Waals surface area contributed by atoms with Crippen molar-refractivity contribution in [1.82, 2.24) is 10.3 Å². The number of hydrogen-bond acceptors (Lipinski definition) is 4. The van der Waals surface area contributed by atoms with Gasteiger partial charge in [-0.15, -0.1) is 0 Å². The van der Waals surface area contributed by atoms with E-state index in [0.29, 0.717) is 35.7 Å². The quantitative estimate of drug-likeness (QED) is 0.682. The second-order valence-corrected chi connectivity index (χ2v) is 5.53. The molecule has 1 aromatic heterocycles. The molecule has 0 aliphatic heterocycles.